The molecule has 2 aromatic carbocycles. The maximum atomic E-state index is 12.3. The minimum atomic E-state index is -3.70. The molecule has 0 saturated heterocycles. The minimum Gasteiger partial charge on any atom is -0.465 e. The summed E-state index contributed by atoms with van der Waals surface area (Å²) >= 11 is 1.58. The molecule has 0 aromatic heterocycles. The highest BCUT2D eigenvalue weighted by molar-refractivity contribution is 7.98. The van der Waals surface area contributed by atoms with Gasteiger partial charge in [0.05, 0.1) is 24.6 Å². The maximum Gasteiger partial charge on any atom is 0.337 e. The molecule has 2 aromatic rings. The van der Waals surface area contributed by atoms with E-state index in [-0.39, 0.29) is 17.8 Å². The molecule has 9 heteroatoms. The molecule has 27 heavy (non-hydrogen) atoms. The fourth-order valence-electron chi connectivity index (χ4n) is 2.29. The Hall–Kier alpha value is -2.52. The molecule has 0 unspecified atom stereocenters. The topological polar surface area (TPSA) is 92.8 Å². The molecule has 0 saturated carbocycles. The molecule has 0 aliphatic carbocycles. The van der Waals surface area contributed by atoms with Crippen LogP contribution in [0.1, 0.15) is 10.4 Å². The molecule has 1 N–H and O–H groups in total. The largest absolute Gasteiger partial charge is 0.465 e. The Morgan fingerprint density at radius 1 is 1.07 bits per heavy atom. The summed E-state index contributed by atoms with van der Waals surface area (Å²) < 4.78 is 29.8. The zero-order chi connectivity index (χ0) is 20.0. The number of carbonyl (C=O) groups excluding carboxylic acids is 2. The lowest BCUT2D eigenvalue weighted by Crippen LogP contribution is -2.37. The third-order valence-electron chi connectivity index (χ3n) is 3.64. The van der Waals surface area contributed by atoms with Gasteiger partial charge in [0, 0.05) is 10.6 Å². The fraction of sp³-hybridized carbons (Fsp3) is 0.222. The van der Waals surface area contributed by atoms with Gasteiger partial charge in [0.25, 0.3) is 0 Å². The Labute approximate surface area is 162 Å². The van der Waals surface area contributed by atoms with Gasteiger partial charge < -0.3 is 10.1 Å². The second-order valence-electron chi connectivity index (χ2n) is 5.58. The number of esters is 1. The lowest BCUT2D eigenvalue weighted by molar-refractivity contribution is -0.114. The molecule has 0 spiro atoms. The molecule has 144 valence electrons. The highest BCUT2D eigenvalue weighted by Crippen LogP contribution is 2.20. The van der Waals surface area contributed by atoms with Gasteiger partial charge in [-0.3, -0.25) is 9.10 Å². The standard InChI is InChI=1S/C18H20N2O5S2/c1-25-18(22)13-4-8-15(9-5-13)20(27(3,23)24)12-17(21)19-14-6-10-16(26-2)11-7-14/h4-11H,12H2,1-3H3,(H,19,21). The number of anilines is 2. The molecule has 0 atom stereocenters. The SMILES string of the molecule is COC(=O)c1ccc(N(CC(=O)Nc2ccc(SC)cc2)S(C)(=O)=O)cc1. The number of carbonyl (C=O) groups is 2. The number of sulfonamides is 1. The van der Waals surface area contributed by atoms with Crippen molar-refractivity contribution in [2.75, 3.05) is 35.8 Å². The number of ether oxygens (including phenoxy) is 1. The summed E-state index contributed by atoms with van der Waals surface area (Å²) in [5.41, 5.74) is 1.14. The highest BCUT2D eigenvalue weighted by atomic mass is 32.2. The minimum absolute atomic E-state index is 0.276. The van der Waals surface area contributed by atoms with E-state index in [1.807, 2.05) is 18.4 Å². The van der Waals surface area contributed by atoms with Crippen molar-refractivity contribution in [2.45, 2.75) is 4.90 Å². The summed E-state index contributed by atoms with van der Waals surface area (Å²) in [6.07, 6.45) is 2.96. The van der Waals surface area contributed by atoms with Crippen LogP contribution in [0.2, 0.25) is 0 Å². The van der Waals surface area contributed by atoms with Gasteiger partial charge in [0.15, 0.2) is 0 Å². The first kappa shape index (κ1) is 20.8. The van der Waals surface area contributed by atoms with Crippen molar-refractivity contribution in [1.82, 2.24) is 0 Å². The van der Waals surface area contributed by atoms with E-state index in [1.54, 1.807) is 23.9 Å². The van der Waals surface area contributed by atoms with Gasteiger partial charge in [-0.1, -0.05) is 0 Å². The van der Waals surface area contributed by atoms with E-state index in [9.17, 15) is 18.0 Å². The predicted molar refractivity (Wildman–Crippen MR) is 107 cm³/mol. The van der Waals surface area contributed by atoms with Crippen LogP contribution in [0.25, 0.3) is 0 Å². The van der Waals surface area contributed by atoms with E-state index >= 15 is 0 Å². The summed E-state index contributed by atoms with van der Waals surface area (Å²) in [6, 6.07) is 13.0. The number of benzene rings is 2. The summed E-state index contributed by atoms with van der Waals surface area (Å²) in [5, 5.41) is 2.68. The van der Waals surface area contributed by atoms with E-state index in [4.69, 9.17) is 0 Å². The van der Waals surface area contributed by atoms with Gasteiger partial charge in [-0.25, -0.2) is 13.2 Å². The van der Waals surface area contributed by atoms with Crippen LogP contribution >= 0.6 is 11.8 Å². The molecular weight excluding hydrogens is 388 g/mol. The summed E-state index contributed by atoms with van der Waals surface area (Å²) in [5.74, 6) is -1.01. The average molecular weight is 409 g/mol. The maximum absolute atomic E-state index is 12.3. The highest BCUT2D eigenvalue weighted by Gasteiger charge is 2.21. The normalized spacial score (nSPS) is 10.9. The number of amides is 1. The Morgan fingerprint density at radius 2 is 1.67 bits per heavy atom. The first-order chi connectivity index (χ1) is 12.7. The predicted octanol–water partition coefficient (Wildman–Crippen LogP) is 2.60. The molecule has 0 bridgehead atoms. The van der Waals surface area contributed by atoms with Crippen molar-refractivity contribution in [1.29, 1.82) is 0 Å². The molecule has 0 fully saturated rings. The zero-order valence-electron chi connectivity index (χ0n) is 15.1. The van der Waals surface area contributed by atoms with Crippen molar-refractivity contribution in [3.63, 3.8) is 0 Å². The van der Waals surface area contributed by atoms with E-state index in [0.29, 0.717) is 5.69 Å². The molecule has 0 aliphatic rings. The molecule has 2 rings (SSSR count). The Morgan fingerprint density at radius 3 is 2.15 bits per heavy atom. The van der Waals surface area contributed by atoms with Crippen LogP contribution in [0.5, 0.6) is 0 Å². The molecule has 0 radical (unpaired) electrons. The third-order valence-corrected chi connectivity index (χ3v) is 5.52. The van der Waals surface area contributed by atoms with Crippen LogP contribution in [0.15, 0.2) is 53.4 Å². The van der Waals surface area contributed by atoms with Crippen molar-refractivity contribution in [3.8, 4) is 0 Å². The molecule has 1 amide bonds. The smallest absolute Gasteiger partial charge is 0.337 e. The second-order valence-corrected chi connectivity index (χ2v) is 8.37. The molecular formula is C18H20N2O5S2. The van der Waals surface area contributed by atoms with Crippen molar-refractivity contribution in [3.05, 3.63) is 54.1 Å². The number of hydrogen-bond donors (Lipinski definition) is 1. The van der Waals surface area contributed by atoms with Crippen LogP contribution in [0.4, 0.5) is 11.4 Å². The number of rotatable bonds is 7. The van der Waals surface area contributed by atoms with Crippen molar-refractivity contribution < 1.29 is 22.7 Å². The lowest BCUT2D eigenvalue weighted by Gasteiger charge is -2.22. The van der Waals surface area contributed by atoms with Crippen LogP contribution in [-0.2, 0) is 19.6 Å². The first-order valence-electron chi connectivity index (χ1n) is 7.84. The van der Waals surface area contributed by atoms with Gasteiger partial charge in [-0.05, 0) is 54.8 Å². The summed E-state index contributed by atoms with van der Waals surface area (Å²) in [7, 11) is -2.44. The monoisotopic (exact) mass is 408 g/mol. The molecule has 0 aliphatic heterocycles. The Balaban J connectivity index is 2.16. The van der Waals surface area contributed by atoms with Crippen LogP contribution in [0, 0.1) is 0 Å². The number of thioether (sulfide) groups is 1. The van der Waals surface area contributed by atoms with Gasteiger partial charge in [0.1, 0.15) is 6.54 Å². The molecule has 0 heterocycles. The fourth-order valence-corrected chi connectivity index (χ4v) is 3.55. The quantitative estimate of drug-likeness (QED) is 0.559. The van der Waals surface area contributed by atoms with E-state index in [0.717, 1.165) is 15.5 Å². The van der Waals surface area contributed by atoms with Gasteiger partial charge >= 0.3 is 5.97 Å². The lowest BCUT2D eigenvalue weighted by atomic mass is 10.2. The average Bonchev–Trinajstić information content (AvgIpc) is 2.65. The second kappa shape index (κ2) is 8.92. The Kier molecular flexibility index (Phi) is 6.86. The number of hydrogen-bond acceptors (Lipinski definition) is 6. The molecule has 7 nitrogen and oxygen atoms in total. The summed E-state index contributed by atoms with van der Waals surface area (Å²) in [6.45, 7) is -0.388. The number of nitrogens with one attached hydrogen (secondary N) is 1. The summed E-state index contributed by atoms with van der Waals surface area (Å²) in [4.78, 5) is 24.9. The van der Waals surface area contributed by atoms with Crippen LogP contribution < -0.4 is 9.62 Å². The van der Waals surface area contributed by atoms with E-state index < -0.39 is 21.9 Å². The van der Waals surface area contributed by atoms with E-state index in [1.165, 1.54) is 31.4 Å². The van der Waals surface area contributed by atoms with E-state index in [2.05, 4.69) is 10.1 Å². The van der Waals surface area contributed by atoms with Gasteiger partial charge in [-0.15, -0.1) is 11.8 Å². The van der Waals surface area contributed by atoms with Crippen molar-refractivity contribution in [2.24, 2.45) is 0 Å². The number of methoxy groups -OCH3 is 1. The number of nitrogens with zero attached hydrogens (tertiary/aromatic N) is 1. The Bertz CT molecular complexity index is 910. The van der Waals surface area contributed by atoms with Crippen LogP contribution in [-0.4, -0.2) is 46.5 Å². The van der Waals surface area contributed by atoms with Gasteiger partial charge in [0.2, 0.25) is 15.9 Å². The van der Waals surface area contributed by atoms with Crippen LogP contribution in [0.3, 0.4) is 0 Å². The van der Waals surface area contributed by atoms with Gasteiger partial charge in [-0.2, -0.15) is 0 Å². The zero-order valence-corrected chi connectivity index (χ0v) is 16.8. The first-order valence-corrected chi connectivity index (χ1v) is 10.9. The third kappa shape index (κ3) is 5.73. The van der Waals surface area contributed by atoms with Crippen molar-refractivity contribution >= 4 is 45.0 Å².